The molecule has 2 fully saturated rings. The quantitative estimate of drug-likeness (QED) is 0.323. The molecule has 0 aliphatic heterocycles. The number of carbonyl (C=O) groups is 1. The summed E-state index contributed by atoms with van der Waals surface area (Å²) >= 11 is 0. The number of rotatable bonds is 4. The number of fused-ring (bicyclic) bond motifs is 5. The molecule has 10 heteroatoms. The first kappa shape index (κ1) is 23.6. The lowest BCUT2D eigenvalue weighted by Crippen LogP contribution is -2.45. The Morgan fingerprint density at radius 2 is 1.80 bits per heavy atom. The highest BCUT2D eigenvalue weighted by molar-refractivity contribution is 6.04. The van der Waals surface area contributed by atoms with Crippen LogP contribution < -0.4 is 11.1 Å². The largest absolute Gasteiger partial charge is 0.383 e. The van der Waals surface area contributed by atoms with Crippen molar-refractivity contribution in [3.8, 4) is 23.5 Å². The molecule has 5 aromatic heterocycles. The van der Waals surface area contributed by atoms with Crippen molar-refractivity contribution in [2.24, 2.45) is 0 Å². The van der Waals surface area contributed by atoms with Gasteiger partial charge in [-0.1, -0.05) is 24.1 Å². The van der Waals surface area contributed by atoms with Gasteiger partial charge in [0.2, 0.25) is 0 Å². The van der Waals surface area contributed by atoms with Crippen molar-refractivity contribution in [2.75, 3.05) is 5.73 Å². The number of anilines is 1. The monoisotopic (exact) mass is 539 g/mol. The Labute approximate surface area is 234 Å². The highest BCUT2D eigenvalue weighted by Crippen LogP contribution is 2.57. The Morgan fingerprint density at radius 3 is 2.63 bits per heavy atom. The lowest BCUT2D eigenvalue weighted by atomic mass is 9.90. The van der Waals surface area contributed by atoms with Crippen LogP contribution in [0.2, 0.25) is 0 Å². The first-order chi connectivity index (χ1) is 20.0. The summed E-state index contributed by atoms with van der Waals surface area (Å²) in [6.45, 7) is 0. The molecule has 0 unspecified atom stereocenters. The summed E-state index contributed by atoms with van der Waals surface area (Å²) in [4.78, 5) is 35.9. The van der Waals surface area contributed by atoms with E-state index in [0.717, 1.165) is 59.5 Å². The number of amides is 1. The molecule has 2 aliphatic rings. The van der Waals surface area contributed by atoms with Crippen molar-refractivity contribution in [1.82, 2.24) is 39.2 Å². The van der Waals surface area contributed by atoms with Gasteiger partial charge in [-0.2, -0.15) is 0 Å². The van der Waals surface area contributed by atoms with Crippen molar-refractivity contribution in [1.29, 1.82) is 0 Å². The van der Waals surface area contributed by atoms with E-state index in [1.165, 1.54) is 6.33 Å². The number of para-hydroxylation sites is 1. The zero-order valence-electron chi connectivity index (χ0n) is 22.1. The number of hydrogen-bond acceptors (Lipinski definition) is 7. The molecule has 0 radical (unpaired) electrons. The molecule has 5 heterocycles. The molecule has 6 aromatic rings. The van der Waals surface area contributed by atoms with Gasteiger partial charge < -0.3 is 20.0 Å². The van der Waals surface area contributed by atoms with Crippen molar-refractivity contribution < 1.29 is 4.79 Å². The molecule has 10 nitrogen and oxygen atoms in total. The van der Waals surface area contributed by atoms with Crippen molar-refractivity contribution in [3.63, 3.8) is 0 Å². The minimum absolute atomic E-state index is 0.219. The molecular weight excluding hydrogens is 514 g/mol. The highest BCUT2D eigenvalue weighted by Gasteiger charge is 2.57. The Morgan fingerprint density at radius 1 is 1.00 bits per heavy atom. The SMILES string of the molecule is C#Cc1c(-c2cnc3ccccc3c2)c2c(N)ncnc2n1C12CCC(NC(=O)c3nccn4ccnc34)(CC1)C2. The van der Waals surface area contributed by atoms with Crippen LogP contribution >= 0.6 is 0 Å². The lowest BCUT2D eigenvalue weighted by Gasteiger charge is -2.30. The van der Waals surface area contributed by atoms with E-state index < -0.39 is 0 Å². The summed E-state index contributed by atoms with van der Waals surface area (Å²) in [6.07, 6.45) is 20.5. The van der Waals surface area contributed by atoms with Gasteiger partial charge in [0.25, 0.3) is 5.91 Å². The first-order valence-electron chi connectivity index (χ1n) is 13.6. The second kappa shape index (κ2) is 8.35. The van der Waals surface area contributed by atoms with E-state index in [2.05, 4.69) is 36.8 Å². The van der Waals surface area contributed by atoms with Gasteiger partial charge in [0.15, 0.2) is 11.3 Å². The van der Waals surface area contributed by atoms with Gasteiger partial charge in [-0.25, -0.2) is 19.9 Å². The third kappa shape index (κ3) is 3.32. The maximum Gasteiger partial charge on any atom is 0.274 e. The normalized spacial score (nSPS) is 21.5. The standard InChI is InChI=1S/C31H25N9O/c1-2-22-23(20-15-19-5-3-4-6-21(19)35-16-20)24-26(32)36-18-37-27(24)40(22)31-9-7-30(17-31,8-10-31)38-29(41)25-28-34-12-14-39(28)13-11-33-25/h1,3-6,11-16,18H,7-10,17H2,(H,38,41)(H2,32,36,37). The van der Waals surface area contributed by atoms with Crippen LogP contribution in [0.15, 0.2) is 67.6 Å². The topological polar surface area (TPSA) is 129 Å². The summed E-state index contributed by atoms with van der Waals surface area (Å²) < 4.78 is 3.99. The zero-order valence-corrected chi connectivity index (χ0v) is 22.1. The second-order valence-electron chi connectivity index (χ2n) is 11.1. The lowest BCUT2D eigenvalue weighted by molar-refractivity contribution is 0.0897. The number of carbonyl (C=O) groups excluding carboxylic acids is 1. The molecule has 1 amide bonds. The number of benzene rings is 1. The van der Waals surface area contributed by atoms with Gasteiger partial charge >= 0.3 is 0 Å². The molecule has 2 bridgehead atoms. The van der Waals surface area contributed by atoms with E-state index in [1.54, 1.807) is 29.2 Å². The zero-order chi connectivity index (χ0) is 27.8. The number of nitrogens with two attached hydrogens (primary N) is 1. The molecule has 2 saturated carbocycles. The number of nitrogen functional groups attached to an aromatic ring is 1. The van der Waals surface area contributed by atoms with Gasteiger partial charge in [-0.15, -0.1) is 6.42 Å². The summed E-state index contributed by atoms with van der Waals surface area (Å²) in [6, 6.07) is 10.1. The van der Waals surface area contributed by atoms with Crippen LogP contribution in [0.5, 0.6) is 0 Å². The Hall–Kier alpha value is -5.30. The number of imidazole rings is 1. The third-order valence-corrected chi connectivity index (χ3v) is 8.98. The maximum atomic E-state index is 13.5. The summed E-state index contributed by atoms with van der Waals surface area (Å²) in [5, 5.41) is 5.08. The van der Waals surface area contributed by atoms with Crippen molar-refractivity contribution in [2.45, 2.75) is 43.2 Å². The van der Waals surface area contributed by atoms with Gasteiger partial charge in [0.05, 0.1) is 10.9 Å². The van der Waals surface area contributed by atoms with E-state index in [9.17, 15) is 4.79 Å². The van der Waals surface area contributed by atoms with Crippen LogP contribution in [-0.4, -0.2) is 45.3 Å². The Bertz CT molecular complexity index is 2070. The van der Waals surface area contributed by atoms with Gasteiger partial charge in [0.1, 0.15) is 23.5 Å². The average Bonchev–Trinajstić information content (AvgIpc) is 3.77. The molecule has 200 valence electrons. The van der Waals surface area contributed by atoms with Gasteiger partial charge in [0, 0.05) is 58.6 Å². The third-order valence-electron chi connectivity index (χ3n) is 8.98. The van der Waals surface area contributed by atoms with Crippen LogP contribution in [0, 0.1) is 12.3 Å². The molecular formula is C31H25N9O. The molecule has 0 saturated heterocycles. The number of nitrogens with one attached hydrogen (secondary N) is 1. The molecule has 1 aromatic carbocycles. The van der Waals surface area contributed by atoms with Crippen molar-refractivity contribution in [3.05, 3.63) is 79.0 Å². The number of pyridine rings is 1. The number of terminal acetylenes is 1. The highest BCUT2D eigenvalue weighted by atomic mass is 16.2. The van der Waals surface area contributed by atoms with Crippen LogP contribution in [0.3, 0.4) is 0 Å². The number of nitrogens with zero attached hydrogens (tertiary/aromatic N) is 7. The van der Waals surface area contributed by atoms with E-state index >= 15 is 0 Å². The maximum absolute atomic E-state index is 13.5. The van der Waals surface area contributed by atoms with Crippen molar-refractivity contribution >= 4 is 39.3 Å². The fraction of sp³-hybridized carbons (Fsp3) is 0.226. The first-order valence-corrected chi connectivity index (χ1v) is 13.6. The average molecular weight is 540 g/mol. The molecule has 0 spiro atoms. The van der Waals surface area contributed by atoms with Crippen LogP contribution in [-0.2, 0) is 5.54 Å². The minimum atomic E-state index is -0.385. The number of hydrogen-bond donors (Lipinski definition) is 2. The fourth-order valence-corrected chi connectivity index (χ4v) is 7.19. The Kier molecular flexibility index (Phi) is 4.80. The minimum Gasteiger partial charge on any atom is -0.383 e. The fourth-order valence-electron chi connectivity index (χ4n) is 7.19. The predicted octanol–water partition coefficient (Wildman–Crippen LogP) is 4.09. The smallest absolute Gasteiger partial charge is 0.274 e. The molecule has 3 N–H and O–H groups in total. The summed E-state index contributed by atoms with van der Waals surface area (Å²) in [5.74, 6) is 3.14. The van der Waals surface area contributed by atoms with E-state index in [-0.39, 0.29) is 17.0 Å². The molecule has 8 rings (SSSR count). The van der Waals surface area contributed by atoms with Crippen LogP contribution in [0.4, 0.5) is 5.82 Å². The van der Waals surface area contributed by atoms with Gasteiger partial charge in [-0.05, 0) is 44.2 Å². The van der Waals surface area contributed by atoms with Gasteiger partial charge in [-0.3, -0.25) is 9.78 Å². The molecule has 0 atom stereocenters. The predicted molar refractivity (Wildman–Crippen MR) is 155 cm³/mol. The summed E-state index contributed by atoms with van der Waals surface area (Å²) in [7, 11) is 0. The molecule has 2 aliphatic carbocycles. The van der Waals surface area contributed by atoms with E-state index in [4.69, 9.17) is 22.1 Å². The van der Waals surface area contributed by atoms with Crippen LogP contribution in [0.25, 0.3) is 38.7 Å². The summed E-state index contributed by atoms with van der Waals surface area (Å²) in [5.41, 5.74) is 10.6. The van der Waals surface area contributed by atoms with Crippen LogP contribution in [0.1, 0.15) is 48.3 Å². The Balaban J connectivity index is 1.24. The van der Waals surface area contributed by atoms with E-state index in [0.29, 0.717) is 28.5 Å². The van der Waals surface area contributed by atoms with E-state index in [1.807, 2.05) is 30.5 Å². The number of aromatic nitrogens is 7. The molecule has 41 heavy (non-hydrogen) atoms. The second-order valence-corrected chi connectivity index (χ2v) is 11.1.